The van der Waals surface area contributed by atoms with Gasteiger partial charge in [0.15, 0.2) is 0 Å². The van der Waals surface area contributed by atoms with Gasteiger partial charge in [0.2, 0.25) is 0 Å². The number of hydrogen-bond acceptors (Lipinski definition) is 4. The smallest absolute Gasteiger partial charge is 0.335 e. The Morgan fingerprint density at radius 3 is 1.04 bits per heavy atom. The molecular weight excluding hydrogens is 889 g/mol. The zero-order chi connectivity index (χ0) is 48.7. The molecule has 0 saturated carbocycles. The highest BCUT2D eigenvalue weighted by Crippen LogP contribution is 2.50. The molecule has 12 aromatic carbocycles. The van der Waals surface area contributed by atoms with E-state index in [1.54, 1.807) is 36.4 Å². The largest absolute Gasteiger partial charge is 0.478 e. The van der Waals surface area contributed by atoms with E-state index in [0.29, 0.717) is 34.1 Å². The van der Waals surface area contributed by atoms with Crippen LogP contribution in [-0.4, -0.2) is 22.2 Å². The van der Waals surface area contributed by atoms with Gasteiger partial charge in [-0.1, -0.05) is 170 Å². The quantitative estimate of drug-likeness (QED) is 0.134. The summed E-state index contributed by atoms with van der Waals surface area (Å²) in [5.41, 5.74) is 8.85. The molecule has 342 valence electrons. The number of carboxylic acid groups (broad SMARTS) is 2. The van der Waals surface area contributed by atoms with Crippen molar-refractivity contribution in [2.24, 2.45) is 0 Å². The Balaban J connectivity index is 1.11. The minimum Gasteiger partial charge on any atom is -0.478 e. The van der Waals surface area contributed by atoms with E-state index in [1.807, 2.05) is 121 Å². The van der Waals surface area contributed by atoms with Crippen LogP contribution in [0.4, 0.5) is 0 Å². The second-order valence-electron chi connectivity index (χ2n) is 17.8. The monoisotopic (exact) mass is 930 g/mol. The van der Waals surface area contributed by atoms with Crippen molar-refractivity contribution in [1.29, 1.82) is 0 Å². The number of carboxylic acids is 2. The van der Waals surface area contributed by atoms with Crippen molar-refractivity contribution in [3.63, 3.8) is 0 Å². The van der Waals surface area contributed by atoms with E-state index in [-0.39, 0.29) is 11.1 Å². The lowest BCUT2D eigenvalue weighted by Crippen LogP contribution is -2.00. The molecule has 0 aliphatic carbocycles. The van der Waals surface area contributed by atoms with E-state index in [2.05, 4.69) is 84.9 Å². The van der Waals surface area contributed by atoms with Gasteiger partial charge in [-0.05, 0) is 149 Å². The summed E-state index contributed by atoms with van der Waals surface area (Å²) < 4.78 is 14.5. The van der Waals surface area contributed by atoms with Crippen LogP contribution in [-0.2, 0) is 0 Å². The number of rotatable bonds is 11. The van der Waals surface area contributed by atoms with Gasteiger partial charge in [0.25, 0.3) is 0 Å². The standard InChI is InChI=1S/C66H42O6/c67-65(68)53-27-31-59(57(39-53)51-21-19-43-15-7-9-17-45(43)35-51)71-61-33-25-49-37-47(41-11-3-1-4-12-41)23-29-55(49)63(61)64-56-30-24-48(42-13-5-2-6-14-42)38-50(56)26-34-62(64)72-60-32-28-54(66(69)70)40-58(60)52-22-20-44-16-8-10-18-46(44)36-52/h1-40H,(H,67,68)(H,69,70). The fourth-order valence-corrected chi connectivity index (χ4v) is 9.83. The lowest BCUT2D eigenvalue weighted by atomic mass is 9.89. The van der Waals surface area contributed by atoms with E-state index in [9.17, 15) is 19.8 Å². The minimum atomic E-state index is -1.05. The molecule has 6 nitrogen and oxygen atoms in total. The maximum atomic E-state index is 12.5. The highest BCUT2D eigenvalue weighted by atomic mass is 16.5. The molecule has 12 rings (SSSR count). The average molecular weight is 931 g/mol. The zero-order valence-corrected chi connectivity index (χ0v) is 38.6. The maximum absolute atomic E-state index is 12.5. The van der Waals surface area contributed by atoms with Crippen LogP contribution in [0.1, 0.15) is 20.7 Å². The summed E-state index contributed by atoms with van der Waals surface area (Å²) >= 11 is 0. The van der Waals surface area contributed by atoms with Gasteiger partial charge in [0.05, 0.1) is 11.1 Å². The van der Waals surface area contributed by atoms with Crippen molar-refractivity contribution in [1.82, 2.24) is 0 Å². The van der Waals surface area contributed by atoms with Crippen molar-refractivity contribution in [3.05, 3.63) is 254 Å². The Morgan fingerprint density at radius 1 is 0.278 bits per heavy atom. The van der Waals surface area contributed by atoms with Gasteiger partial charge in [-0.15, -0.1) is 0 Å². The van der Waals surface area contributed by atoms with Gasteiger partial charge in [-0.2, -0.15) is 0 Å². The summed E-state index contributed by atoms with van der Waals surface area (Å²) in [6.45, 7) is 0. The Labute approximate surface area is 414 Å². The SMILES string of the molecule is O=C(O)c1ccc(Oc2ccc3cc(-c4ccccc4)ccc3c2-c2c(Oc3ccc(C(=O)O)cc3-c3ccc4ccccc4c3)ccc3cc(-c4ccccc4)ccc23)c(-c2ccc3ccccc3c2)c1. The summed E-state index contributed by atoms with van der Waals surface area (Å²) in [7, 11) is 0. The second kappa shape index (κ2) is 18.3. The normalized spacial score (nSPS) is 11.3. The third-order valence-corrected chi connectivity index (χ3v) is 13.4. The number of carbonyl (C=O) groups is 2. The molecule has 6 heteroatoms. The highest BCUT2D eigenvalue weighted by Gasteiger charge is 2.24. The van der Waals surface area contributed by atoms with Crippen LogP contribution in [0.25, 0.3) is 98.7 Å². The van der Waals surface area contributed by atoms with Gasteiger partial charge < -0.3 is 19.7 Å². The predicted octanol–water partition coefficient (Wildman–Crippen LogP) is 17.6. The van der Waals surface area contributed by atoms with Crippen molar-refractivity contribution in [3.8, 4) is 78.6 Å². The van der Waals surface area contributed by atoms with Crippen LogP contribution in [0.15, 0.2) is 243 Å². The molecule has 0 fully saturated rings. The molecule has 0 spiro atoms. The van der Waals surface area contributed by atoms with Crippen molar-refractivity contribution in [2.45, 2.75) is 0 Å². The van der Waals surface area contributed by atoms with Gasteiger partial charge in [0.1, 0.15) is 23.0 Å². The Morgan fingerprint density at radius 2 is 0.625 bits per heavy atom. The highest BCUT2D eigenvalue weighted by molar-refractivity contribution is 6.11. The molecule has 0 aliphatic heterocycles. The van der Waals surface area contributed by atoms with Gasteiger partial charge in [-0.3, -0.25) is 0 Å². The first-order valence-electron chi connectivity index (χ1n) is 23.6. The fraction of sp³-hybridized carbons (Fsp3) is 0. The molecule has 0 radical (unpaired) electrons. The molecule has 0 unspecified atom stereocenters. The molecule has 0 saturated heterocycles. The maximum Gasteiger partial charge on any atom is 0.335 e. The molecule has 0 amide bonds. The molecular formula is C66H42O6. The Hall–Kier alpha value is -9.78. The number of aromatic carboxylic acids is 2. The third kappa shape index (κ3) is 8.23. The summed E-state index contributed by atoms with van der Waals surface area (Å²) in [5, 5.41) is 28.4. The first-order valence-corrected chi connectivity index (χ1v) is 23.6. The van der Waals surface area contributed by atoms with E-state index >= 15 is 0 Å². The summed E-state index contributed by atoms with van der Waals surface area (Å²) in [6, 6.07) is 79.7. The second-order valence-corrected chi connectivity index (χ2v) is 17.8. The Kier molecular flexibility index (Phi) is 11.0. The van der Waals surface area contributed by atoms with Crippen LogP contribution >= 0.6 is 0 Å². The fourth-order valence-electron chi connectivity index (χ4n) is 9.83. The van der Waals surface area contributed by atoms with Crippen LogP contribution in [0, 0.1) is 0 Å². The number of benzene rings is 12. The molecule has 72 heavy (non-hydrogen) atoms. The van der Waals surface area contributed by atoms with Gasteiger partial charge in [0, 0.05) is 22.3 Å². The molecule has 2 N–H and O–H groups in total. The summed E-state index contributed by atoms with van der Waals surface area (Å²) in [5.74, 6) is -0.129. The van der Waals surface area contributed by atoms with Crippen LogP contribution < -0.4 is 9.47 Å². The number of ether oxygens (including phenoxy) is 2. The average Bonchev–Trinajstić information content (AvgIpc) is 3.43. The molecule has 0 aromatic heterocycles. The number of hydrogen-bond donors (Lipinski definition) is 2. The minimum absolute atomic E-state index is 0.132. The summed E-state index contributed by atoms with van der Waals surface area (Å²) in [6.07, 6.45) is 0. The van der Waals surface area contributed by atoms with E-state index in [1.165, 1.54) is 0 Å². The van der Waals surface area contributed by atoms with Gasteiger partial charge >= 0.3 is 11.9 Å². The first-order chi connectivity index (χ1) is 35.3. The number of fused-ring (bicyclic) bond motifs is 4. The van der Waals surface area contributed by atoms with E-state index < -0.39 is 11.9 Å². The predicted molar refractivity (Wildman–Crippen MR) is 291 cm³/mol. The summed E-state index contributed by atoms with van der Waals surface area (Å²) in [4.78, 5) is 25.1. The molecule has 12 aromatic rings. The van der Waals surface area contributed by atoms with Crippen LogP contribution in [0.2, 0.25) is 0 Å². The van der Waals surface area contributed by atoms with Crippen LogP contribution in [0.5, 0.6) is 23.0 Å². The third-order valence-electron chi connectivity index (χ3n) is 13.4. The topological polar surface area (TPSA) is 93.1 Å². The van der Waals surface area contributed by atoms with Crippen molar-refractivity contribution >= 4 is 55.0 Å². The van der Waals surface area contributed by atoms with Crippen molar-refractivity contribution in [2.75, 3.05) is 0 Å². The van der Waals surface area contributed by atoms with Gasteiger partial charge in [-0.25, -0.2) is 9.59 Å². The lowest BCUT2D eigenvalue weighted by molar-refractivity contribution is 0.0686. The first kappa shape index (κ1) is 43.5. The Bertz CT molecular complexity index is 3840. The zero-order valence-electron chi connectivity index (χ0n) is 38.6. The molecule has 0 heterocycles. The van der Waals surface area contributed by atoms with Crippen LogP contribution in [0.3, 0.4) is 0 Å². The molecule has 0 bridgehead atoms. The molecule has 0 atom stereocenters. The lowest BCUT2D eigenvalue weighted by Gasteiger charge is -2.22. The van der Waals surface area contributed by atoms with E-state index in [4.69, 9.17) is 9.47 Å². The van der Waals surface area contributed by atoms with Crippen molar-refractivity contribution < 1.29 is 29.3 Å². The van der Waals surface area contributed by atoms with E-state index in [0.717, 1.165) is 87.6 Å². The molecule has 0 aliphatic rings.